The van der Waals surface area contributed by atoms with E-state index in [0.29, 0.717) is 10.0 Å². The summed E-state index contributed by atoms with van der Waals surface area (Å²) in [5.74, 6) is 0. The summed E-state index contributed by atoms with van der Waals surface area (Å²) in [5.41, 5.74) is 6.80. The average molecular weight is 233 g/mol. The van der Waals surface area contributed by atoms with E-state index < -0.39 is 0 Å². The number of hydrogen-bond donors (Lipinski definition) is 1. The van der Waals surface area contributed by atoms with Crippen molar-refractivity contribution in [2.24, 2.45) is 5.73 Å². The van der Waals surface area contributed by atoms with Crippen LogP contribution >= 0.6 is 23.2 Å². The number of nitrogens with zero attached hydrogens (tertiary/aromatic N) is 1. The van der Waals surface area contributed by atoms with Gasteiger partial charge in [0.15, 0.2) is 0 Å². The molecule has 0 saturated heterocycles. The molecule has 0 aliphatic rings. The fourth-order valence-electron chi connectivity index (χ4n) is 1.34. The van der Waals surface area contributed by atoms with E-state index in [1.54, 1.807) is 12.4 Å². The molecule has 0 aliphatic heterocycles. The van der Waals surface area contributed by atoms with Crippen LogP contribution in [-0.2, 0) is 0 Å². The Bertz CT molecular complexity index is 282. The molecule has 0 spiro atoms. The predicted octanol–water partition coefficient (Wildman–Crippen LogP) is 3.58. The van der Waals surface area contributed by atoms with E-state index in [1.165, 1.54) is 0 Å². The lowest BCUT2D eigenvalue weighted by molar-refractivity contribution is 0.603. The Morgan fingerprint density at radius 1 is 1.36 bits per heavy atom. The van der Waals surface area contributed by atoms with Crippen LogP contribution in [-0.4, -0.2) is 4.98 Å². The highest BCUT2D eigenvalue weighted by Crippen LogP contribution is 2.30. The first-order valence-electron chi connectivity index (χ1n) is 4.71. The van der Waals surface area contributed by atoms with Crippen molar-refractivity contribution < 1.29 is 0 Å². The Kier molecular flexibility index (Phi) is 4.66. The molecule has 78 valence electrons. The van der Waals surface area contributed by atoms with Crippen LogP contribution in [0.25, 0.3) is 0 Å². The van der Waals surface area contributed by atoms with Crippen LogP contribution in [0, 0.1) is 0 Å². The van der Waals surface area contributed by atoms with Crippen molar-refractivity contribution in [2.45, 2.75) is 32.2 Å². The summed E-state index contributed by atoms with van der Waals surface area (Å²) < 4.78 is 0. The summed E-state index contributed by atoms with van der Waals surface area (Å²) >= 11 is 12.0. The number of hydrogen-bond acceptors (Lipinski definition) is 2. The first-order valence-corrected chi connectivity index (χ1v) is 5.47. The van der Waals surface area contributed by atoms with Gasteiger partial charge in [0.2, 0.25) is 0 Å². The summed E-state index contributed by atoms with van der Waals surface area (Å²) in [5, 5.41) is 1.11. The van der Waals surface area contributed by atoms with Gasteiger partial charge in [-0.15, -0.1) is 0 Å². The highest BCUT2D eigenvalue weighted by atomic mass is 35.5. The first kappa shape index (κ1) is 11.8. The van der Waals surface area contributed by atoms with Gasteiger partial charge in [0.1, 0.15) is 0 Å². The molecule has 14 heavy (non-hydrogen) atoms. The van der Waals surface area contributed by atoms with Crippen molar-refractivity contribution in [1.82, 2.24) is 4.98 Å². The number of halogens is 2. The van der Waals surface area contributed by atoms with Gasteiger partial charge in [-0.25, -0.2) is 0 Å². The van der Waals surface area contributed by atoms with Gasteiger partial charge in [0, 0.05) is 24.0 Å². The Morgan fingerprint density at radius 3 is 2.43 bits per heavy atom. The van der Waals surface area contributed by atoms with Gasteiger partial charge in [-0.05, 0) is 6.42 Å². The van der Waals surface area contributed by atoms with Crippen molar-refractivity contribution in [3.8, 4) is 0 Å². The van der Waals surface area contributed by atoms with E-state index in [-0.39, 0.29) is 6.04 Å². The normalized spacial score (nSPS) is 12.9. The third-order valence-corrected chi connectivity index (χ3v) is 2.73. The molecule has 1 aromatic rings. The molecule has 0 radical (unpaired) electrons. The van der Waals surface area contributed by atoms with Crippen molar-refractivity contribution in [1.29, 1.82) is 0 Å². The minimum absolute atomic E-state index is 0.0852. The van der Waals surface area contributed by atoms with Gasteiger partial charge >= 0.3 is 0 Å². The molecule has 0 amide bonds. The first-order chi connectivity index (χ1) is 6.66. The molecule has 1 atom stereocenters. The van der Waals surface area contributed by atoms with E-state index in [9.17, 15) is 0 Å². The van der Waals surface area contributed by atoms with Crippen molar-refractivity contribution in [3.05, 3.63) is 28.0 Å². The monoisotopic (exact) mass is 232 g/mol. The summed E-state index contributed by atoms with van der Waals surface area (Å²) in [6.45, 7) is 2.13. The summed E-state index contributed by atoms with van der Waals surface area (Å²) in [4.78, 5) is 3.89. The van der Waals surface area contributed by atoms with Gasteiger partial charge in [-0.1, -0.05) is 43.0 Å². The van der Waals surface area contributed by atoms with Crippen LogP contribution < -0.4 is 5.73 Å². The molecule has 1 aromatic heterocycles. The zero-order valence-corrected chi connectivity index (χ0v) is 9.65. The molecule has 0 aliphatic carbocycles. The van der Waals surface area contributed by atoms with E-state index in [0.717, 1.165) is 24.8 Å². The third-order valence-electron chi connectivity index (χ3n) is 2.13. The van der Waals surface area contributed by atoms with Crippen LogP contribution in [0.3, 0.4) is 0 Å². The lowest BCUT2D eigenvalue weighted by atomic mass is 10.0. The summed E-state index contributed by atoms with van der Waals surface area (Å²) in [7, 11) is 0. The minimum Gasteiger partial charge on any atom is -0.324 e. The van der Waals surface area contributed by atoms with Crippen LogP contribution in [0.4, 0.5) is 0 Å². The van der Waals surface area contributed by atoms with Crippen molar-refractivity contribution in [3.63, 3.8) is 0 Å². The van der Waals surface area contributed by atoms with E-state index in [4.69, 9.17) is 28.9 Å². The van der Waals surface area contributed by atoms with Gasteiger partial charge in [0.05, 0.1) is 10.0 Å². The Morgan fingerprint density at radius 2 is 1.93 bits per heavy atom. The van der Waals surface area contributed by atoms with Gasteiger partial charge in [0.25, 0.3) is 0 Å². The zero-order valence-electron chi connectivity index (χ0n) is 8.13. The van der Waals surface area contributed by atoms with E-state index in [1.807, 2.05) is 0 Å². The number of rotatable bonds is 4. The Hall–Kier alpha value is -0.310. The standard InChI is InChI=1S/C10H14Cl2N2/c1-2-3-4-9(13)10-7(11)5-14-6-8(10)12/h5-6,9H,2-4,13H2,1H3/t9-/m1/s1. The molecule has 2 N–H and O–H groups in total. The molecular formula is C10H14Cl2N2. The average Bonchev–Trinajstić information content (AvgIpc) is 2.14. The molecule has 4 heteroatoms. The molecule has 0 aromatic carbocycles. The van der Waals surface area contributed by atoms with Crippen molar-refractivity contribution in [2.75, 3.05) is 0 Å². The number of aromatic nitrogens is 1. The number of pyridine rings is 1. The maximum absolute atomic E-state index is 5.99. The molecule has 0 unspecified atom stereocenters. The van der Waals surface area contributed by atoms with Crippen LogP contribution in [0.2, 0.25) is 10.0 Å². The van der Waals surface area contributed by atoms with Crippen molar-refractivity contribution >= 4 is 23.2 Å². The van der Waals surface area contributed by atoms with E-state index in [2.05, 4.69) is 11.9 Å². The molecular weight excluding hydrogens is 219 g/mol. The van der Waals surface area contributed by atoms with Crippen LogP contribution in [0.1, 0.15) is 37.8 Å². The highest BCUT2D eigenvalue weighted by Gasteiger charge is 2.13. The second kappa shape index (κ2) is 5.54. The second-order valence-corrected chi connectivity index (χ2v) is 4.08. The molecule has 2 nitrogen and oxygen atoms in total. The fourth-order valence-corrected chi connectivity index (χ4v) is 1.99. The largest absolute Gasteiger partial charge is 0.324 e. The molecule has 1 rings (SSSR count). The third kappa shape index (κ3) is 2.84. The lowest BCUT2D eigenvalue weighted by Gasteiger charge is -2.14. The summed E-state index contributed by atoms with van der Waals surface area (Å²) in [6.07, 6.45) is 6.26. The van der Waals surface area contributed by atoms with Gasteiger partial charge < -0.3 is 5.73 Å². The minimum atomic E-state index is -0.0852. The maximum Gasteiger partial charge on any atom is 0.0651 e. The smallest absolute Gasteiger partial charge is 0.0651 e. The lowest BCUT2D eigenvalue weighted by Crippen LogP contribution is -2.11. The fraction of sp³-hybridized carbons (Fsp3) is 0.500. The number of unbranched alkanes of at least 4 members (excludes halogenated alkanes) is 1. The molecule has 0 saturated carbocycles. The topological polar surface area (TPSA) is 38.9 Å². The molecule has 0 bridgehead atoms. The van der Waals surface area contributed by atoms with Crippen LogP contribution in [0.15, 0.2) is 12.4 Å². The Labute approximate surface area is 94.4 Å². The van der Waals surface area contributed by atoms with Gasteiger partial charge in [-0.2, -0.15) is 0 Å². The quantitative estimate of drug-likeness (QED) is 0.863. The summed E-state index contributed by atoms with van der Waals surface area (Å²) in [6, 6.07) is -0.0852. The molecule has 0 fully saturated rings. The van der Waals surface area contributed by atoms with E-state index >= 15 is 0 Å². The number of nitrogens with two attached hydrogens (primary N) is 1. The predicted molar refractivity (Wildman–Crippen MR) is 60.7 cm³/mol. The Balaban J connectivity index is 2.82. The zero-order chi connectivity index (χ0) is 10.6. The molecule has 1 heterocycles. The second-order valence-electron chi connectivity index (χ2n) is 3.27. The highest BCUT2D eigenvalue weighted by molar-refractivity contribution is 6.35. The van der Waals surface area contributed by atoms with Crippen LogP contribution in [0.5, 0.6) is 0 Å². The maximum atomic E-state index is 5.99. The van der Waals surface area contributed by atoms with Gasteiger partial charge in [-0.3, -0.25) is 4.98 Å². The SMILES string of the molecule is CCCC[C@@H](N)c1c(Cl)cncc1Cl.